The van der Waals surface area contributed by atoms with Gasteiger partial charge in [-0.3, -0.25) is 0 Å². The van der Waals surface area contributed by atoms with Crippen LogP contribution in [0.2, 0.25) is 0 Å². The molecule has 0 atom stereocenters. The van der Waals surface area contributed by atoms with Crippen LogP contribution < -0.4 is 4.90 Å². The first-order chi connectivity index (χ1) is 33.9. The van der Waals surface area contributed by atoms with Gasteiger partial charge >= 0.3 is 0 Å². The molecule has 0 radical (unpaired) electrons. The van der Waals surface area contributed by atoms with Crippen LogP contribution in [0.15, 0.2) is 251 Å². The van der Waals surface area contributed by atoms with Gasteiger partial charge in [-0.1, -0.05) is 189 Å². The summed E-state index contributed by atoms with van der Waals surface area (Å²) in [5.74, 6) is 0.863. The van der Waals surface area contributed by atoms with E-state index in [4.69, 9.17) is 4.42 Å². The number of anilines is 3. The summed E-state index contributed by atoms with van der Waals surface area (Å²) in [4.78, 5) is 5.08. The lowest BCUT2D eigenvalue weighted by molar-refractivity contribution is 0.631. The molecule has 0 saturated heterocycles. The highest BCUT2D eigenvalue weighted by atomic mass is 32.2. The molecule has 1 spiro atoms. The van der Waals surface area contributed by atoms with Crippen molar-refractivity contribution in [3.8, 4) is 55.8 Å². The predicted octanol–water partition coefficient (Wildman–Crippen LogP) is 18.0. The molecule has 10 aromatic carbocycles. The second-order valence-corrected chi connectivity index (χ2v) is 20.3. The molecule has 0 bridgehead atoms. The van der Waals surface area contributed by atoms with Gasteiger partial charge in [-0.25, -0.2) is 0 Å². The van der Waals surface area contributed by atoms with E-state index in [9.17, 15) is 0 Å². The first-order valence-electron chi connectivity index (χ1n) is 23.9. The third-order valence-electron chi connectivity index (χ3n) is 15.2. The number of fused-ring (bicyclic) bond motifs is 13. The van der Waals surface area contributed by atoms with Gasteiger partial charge in [0.05, 0.1) is 11.1 Å². The molecule has 2 heterocycles. The Labute approximate surface area is 407 Å². The molecule has 0 fully saturated rings. The van der Waals surface area contributed by atoms with Gasteiger partial charge in [0.2, 0.25) is 0 Å². The van der Waals surface area contributed by atoms with Crippen molar-refractivity contribution >= 4 is 39.8 Å². The Bertz CT molecular complexity index is 3760. The quantitative estimate of drug-likeness (QED) is 0.165. The van der Waals surface area contributed by atoms with E-state index < -0.39 is 5.41 Å². The highest BCUT2D eigenvalue weighted by Crippen LogP contribution is 2.64. The van der Waals surface area contributed by atoms with Gasteiger partial charge in [-0.15, -0.1) is 0 Å². The number of para-hydroxylation sites is 1. The monoisotopic (exact) mass is 899 g/mol. The summed E-state index contributed by atoms with van der Waals surface area (Å²) < 4.78 is 6.39. The topological polar surface area (TPSA) is 16.4 Å². The Hall–Kier alpha value is -8.11. The molecule has 69 heavy (non-hydrogen) atoms. The number of nitrogens with zero attached hydrogens (tertiary/aromatic N) is 1. The van der Waals surface area contributed by atoms with Crippen LogP contribution in [-0.4, -0.2) is 0 Å². The van der Waals surface area contributed by atoms with Crippen molar-refractivity contribution in [2.24, 2.45) is 0 Å². The summed E-state index contributed by atoms with van der Waals surface area (Å²) in [7, 11) is 0. The number of rotatable bonds is 6. The maximum Gasteiger partial charge on any atom is 0.135 e. The fraction of sp³-hybridized carbons (Fsp3) is 0.0606. The first kappa shape index (κ1) is 40.0. The Morgan fingerprint density at radius 2 is 0.928 bits per heavy atom. The molecule has 3 aliphatic rings. The fourth-order valence-electron chi connectivity index (χ4n) is 11.9. The van der Waals surface area contributed by atoms with Gasteiger partial charge in [0.15, 0.2) is 0 Å². The highest BCUT2D eigenvalue weighted by molar-refractivity contribution is 7.99. The minimum absolute atomic E-state index is 0.158. The molecular formula is C66H45NOS. The SMILES string of the molecule is CC1(C)c2ccccc2-c2c(N(c3ccc(-c4cc5ccccc5o4)cc3)c3ccc4c(c3)C3(c5ccccc5Sc5ccccc53)c3cc(-c5ccc(-c6ccccc6)cc5)ccc3-4)cccc21. The van der Waals surface area contributed by atoms with Crippen LogP contribution in [0.4, 0.5) is 17.1 Å². The maximum atomic E-state index is 6.39. The largest absolute Gasteiger partial charge is 0.456 e. The Morgan fingerprint density at radius 3 is 1.67 bits per heavy atom. The average molecular weight is 900 g/mol. The molecule has 0 saturated carbocycles. The zero-order chi connectivity index (χ0) is 45.8. The number of hydrogen-bond acceptors (Lipinski definition) is 3. The van der Waals surface area contributed by atoms with Crippen molar-refractivity contribution in [2.45, 2.75) is 34.5 Å². The molecule has 326 valence electrons. The van der Waals surface area contributed by atoms with Gasteiger partial charge in [-0.05, 0) is 145 Å². The predicted molar refractivity (Wildman–Crippen MR) is 286 cm³/mol. The number of furan rings is 1. The summed E-state index contributed by atoms with van der Waals surface area (Å²) in [5.41, 5.74) is 22.5. The molecule has 1 aromatic heterocycles. The molecule has 1 aliphatic heterocycles. The van der Waals surface area contributed by atoms with E-state index in [1.807, 2.05) is 23.9 Å². The fourth-order valence-corrected chi connectivity index (χ4v) is 13.1. The second-order valence-electron chi connectivity index (χ2n) is 19.2. The summed E-state index contributed by atoms with van der Waals surface area (Å²) in [6.07, 6.45) is 0. The summed E-state index contributed by atoms with van der Waals surface area (Å²) in [5, 5.41) is 1.10. The minimum Gasteiger partial charge on any atom is -0.456 e. The Morgan fingerprint density at radius 1 is 0.377 bits per heavy atom. The molecule has 0 amide bonds. The molecule has 0 N–H and O–H groups in total. The van der Waals surface area contributed by atoms with Crippen molar-refractivity contribution in [2.75, 3.05) is 4.90 Å². The van der Waals surface area contributed by atoms with Gasteiger partial charge in [0.1, 0.15) is 11.3 Å². The Kier molecular flexibility index (Phi) is 8.81. The Balaban J connectivity index is 0.996. The summed E-state index contributed by atoms with van der Waals surface area (Å²) in [6.45, 7) is 4.73. The average Bonchev–Trinajstić information content (AvgIpc) is 4.04. The first-order valence-corrected chi connectivity index (χ1v) is 24.7. The van der Waals surface area contributed by atoms with Crippen molar-refractivity contribution in [1.82, 2.24) is 0 Å². The lowest BCUT2D eigenvalue weighted by Gasteiger charge is -2.40. The van der Waals surface area contributed by atoms with Crippen LogP contribution >= 0.6 is 11.8 Å². The normalized spacial score (nSPS) is 14.1. The molecule has 3 heteroatoms. The lowest BCUT2D eigenvalue weighted by Crippen LogP contribution is -2.32. The third kappa shape index (κ3) is 5.94. The zero-order valence-corrected chi connectivity index (χ0v) is 39.1. The molecular weight excluding hydrogens is 855 g/mol. The smallest absolute Gasteiger partial charge is 0.135 e. The van der Waals surface area contributed by atoms with Gasteiger partial charge in [-0.2, -0.15) is 0 Å². The van der Waals surface area contributed by atoms with Gasteiger partial charge in [0.25, 0.3) is 0 Å². The van der Waals surface area contributed by atoms with Crippen LogP contribution in [0.1, 0.15) is 47.2 Å². The van der Waals surface area contributed by atoms with E-state index in [0.29, 0.717) is 0 Å². The van der Waals surface area contributed by atoms with E-state index in [0.717, 1.165) is 39.4 Å². The molecule has 14 rings (SSSR count). The van der Waals surface area contributed by atoms with Crippen molar-refractivity contribution in [3.05, 3.63) is 270 Å². The minimum atomic E-state index is -0.580. The number of hydrogen-bond donors (Lipinski definition) is 0. The molecule has 11 aromatic rings. The molecule has 0 unspecified atom stereocenters. The molecule has 2 aliphatic carbocycles. The highest BCUT2D eigenvalue weighted by Gasteiger charge is 2.51. The van der Waals surface area contributed by atoms with Crippen molar-refractivity contribution < 1.29 is 4.42 Å². The van der Waals surface area contributed by atoms with E-state index in [1.54, 1.807) is 0 Å². The van der Waals surface area contributed by atoms with E-state index in [2.05, 4.69) is 243 Å². The second kappa shape index (κ2) is 15.2. The van der Waals surface area contributed by atoms with E-state index >= 15 is 0 Å². The molecule has 2 nitrogen and oxygen atoms in total. The van der Waals surface area contributed by atoms with Gasteiger partial charge in [0, 0.05) is 43.1 Å². The number of benzene rings is 10. The summed E-state index contributed by atoms with van der Waals surface area (Å²) in [6, 6.07) is 87.6. The zero-order valence-electron chi connectivity index (χ0n) is 38.3. The van der Waals surface area contributed by atoms with Crippen LogP contribution in [0.5, 0.6) is 0 Å². The van der Waals surface area contributed by atoms with Crippen LogP contribution in [0.25, 0.3) is 66.8 Å². The standard InChI is InChI=1S/C66H45NOS/c1-65(2)53-19-8-7-18-52(53)64-56(65)22-14-23-59(64)67(48-34-31-45(32-35-48)61-40-47-17-6-11-24-60(47)68-61)49-36-38-51-50-37-33-46(44-29-27-43(28-30-44)42-15-4-3-5-16-42)39-57(50)66(58(51)41-49)54-20-9-12-25-62(54)69-63-26-13-10-21-55(63)66/h3-41H,1-2H3. The van der Waals surface area contributed by atoms with Crippen LogP contribution in [0.3, 0.4) is 0 Å². The van der Waals surface area contributed by atoms with Crippen LogP contribution in [0, 0.1) is 0 Å². The lowest BCUT2D eigenvalue weighted by atomic mass is 9.67. The van der Waals surface area contributed by atoms with Crippen LogP contribution in [-0.2, 0) is 10.8 Å². The maximum absolute atomic E-state index is 6.39. The van der Waals surface area contributed by atoms with E-state index in [1.165, 1.54) is 87.7 Å². The van der Waals surface area contributed by atoms with E-state index in [-0.39, 0.29) is 5.41 Å². The third-order valence-corrected chi connectivity index (χ3v) is 16.3. The van der Waals surface area contributed by atoms with Gasteiger partial charge < -0.3 is 9.32 Å². The van der Waals surface area contributed by atoms with Crippen molar-refractivity contribution in [3.63, 3.8) is 0 Å². The van der Waals surface area contributed by atoms with Crippen molar-refractivity contribution in [1.29, 1.82) is 0 Å². The summed E-state index contributed by atoms with van der Waals surface area (Å²) >= 11 is 1.89.